The molecule has 2 aromatic carbocycles. The van der Waals surface area contributed by atoms with E-state index in [1.54, 1.807) is 30.3 Å². The number of amides is 1. The number of thiophene rings is 1. The molecule has 0 fully saturated rings. The van der Waals surface area contributed by atoms with Crippen molar-refractivity contribution in [3.05, 3.63) is 97.0 Å². The quantitative estimate of drug-likeness (QED) is 0.449. The van der Waals surface area contributed by atoms with E-state index in [9.17, 15) is 14.4 Å². The fourth-order valence-corrected chi connectivity index (χ4v) is 4.81. The highest BCUT2D eigenvalue weighted by Crippen LogP contribution is 2.23. The van der Waals surface area contributed by atoms with Crippen molar-refractivity contribution in [3.63, 3.8) is 0 Å². The van der Waals surface area contributed by atoms with Gasteiger partial charge < -0.3 is 5.32 Å². The van der Waals surface area contributed by atoms with Crippen LogP contribution >= 0.6 is 22.9 Å². The van der Waals surface area contributed by atoms with E-state index < -0.39 is 11.2 Å². The average molecular weight is 468 g/mol. The molecule has 0 saturated heterocycles. The van der Waals surface area contributed by atoms with Crippen molar-refractivity contribution >= 4 is 39.1 Å². The van der Waals surface area contributed by atoms with Gasteiger partial charge in [0.15, 0.2) is 0 Å². The van der Waals surface area contributed by atoms with Gasteiger partial charge in [-0.1, -0.05) is 54.9 Å². The highest BCUT2D eigenvalue weighted by Gasteiger charge is 2.19. The first kappa shape index (κ1) is 22.0. The van der Waals surface area contributed by atoms with E-state index in [1.807, 2.05) is 37.3 Å². The van der Waals surface area contributed by atoms with Crippen molar-refractivity contribution in [1.29, 1.82) is 0 Å². The zero-order valence-electron chi connectivity index (χ0n) is 17.5. The van der Waals surface area contributed by atoms with Gasteiger partial charge in [-0.05, 0) is 42.7 Å². The number of rotatable bonds is 7. The Morgan fingerprint density at radius 3 is 2.56 bits per heavy atom. The molecule has 2 aromatic heterocycles. The zero-order chi connectivity index (χ0) is 22.7. The number of hydrogen-bond acceptors (Lipinski definition) is 4. The van der Waals surface area contributed by atoms with Gasteiger partial charge in [0, 0.05) is 16.4 Å². The van der Waals surface area contributed by atoms with Gasteiger partial charge in [0.1, 0.15) is 11.4 Å². The molecule has 0 aliphatic rings. The first-order valence-electron chi connectivity index (χ1n) is 10.3. The van der Waals surface area contributed by atoms with E-state index in [1.165, 1.54) is 15.9 Å². The van der Waals surface area contributed by atoms with Crippen LogP contribution in [0.25, 0.3) is 15.9 Å². The summed E-state index contributed by atoms with van der Waals surface area (Å²) < 4.78 is 2.46. The number of hydrogen-bond donors (Lipinski definition) is 1. The Bertz CT molecular complexity index is 1390. The molecule has 2 heterocycles. The molecule has 0 atom stereocenters. The van der Waals surface area contributed by atoms with E-state index in [-0.39, 0.29) is 12.5 Å². The Morgan fingerprint density at radius 1 is 1.06 bits per heavy atom. The second-order valence-electron chi connectivity index (χ2n) is 7.36. The van der Waals surface area contributed by atoms with Crippen LogP contribution in [-0.2, 0) is 24.2 Å². The maximum Gasteiger partial charge on any atom is 0.337 e. The summed E-state index contributed by atoms with van der Waals surface area (Å²) in [4.78, 5) is 40.7. The van der Waals surface area contributed by atoms with Crippen molar-refractivity contribution in [1.82, 2.24) is 14.5 Å². The topological polar surface area (TPSA) is 73.1 Å². The number of benzene rings is 2. The number of carbonyl (C=O) groups excluding carboxylic acids is 1. The second-order valence-corrected chi connectivity index (χ2v) is 8.91. The van der Waals surface area contributed by atoms with Crippen molar-refractivity contribution in [2.75, 3.05) is 6.54 Å². The summed E-state index contributed by atoms with van der Waals surface area (Å²) in [6, 6.07) is 18.2. The number of nitrogens with zero attached hydrogens (tertiary/aromatic N) is 2. The van der Waals surface area contributed by atoms with Crippen LogP contribution in [0.4, 0.5) is 0 Å². The van der Waals surface area contributed by atoms with Gasteiger partial charge in [0.05, 0.1) is 11.1 Å². The van der Waals surface area contributed by atoms with Gasteiger partial charge in [-0.15, -0.1) is 11.3 Å². The van der Waals surface area contributed by atoms with Gasteiger partial charge in [-0.25, -0.2) is 9.36 Å². The van der Waals surface area contributed by atoms with Crippen LogP contribution in [0.15, 0.2) is 70.3 Å². The number of nitrogens with one attached hydrogen (secondary N) is 1. The van der Waals surface area contributed by atoms with Crippen LogP contribution in [0.3, 0.4) is 0 Å². The zero-order valence-corrected chi connectivity index (χ0v) is 19.1. The lowest BCUT2D eigenvalue weighted by molar-refractivity contribution is -0.121. The van der Waals surface area contributed by atoms with Crippen LogP contribution in [0.5, 0.6) is 0 Å². The molecule has 1 N–H and O–H groups in total. The van der Waals surface area contributed by atoms with Crippen molar-refractivity contribution < 1.29 is 4.79 Å². The average Bonchev–Trinajstić information content (AvgIpc) is 3.22. The number of carbonyl (C=O) groups is 1. The van der Waals surface area contributed by atoms with Gasteiger partial charge >= 0.3 is 5.69 Å². The number of aromatic nitrogens is 2. The summed E-state index contributed by atoms with van der Waals surface area (Å²) in [7, 11) is 0. The lowest BCUT2D eigenvalue weighted by Crippen LogP contribution is -2.41. The largest absolute Gasteiger partial charge is 0.354 e. The van der Waals surface area contributed by atoms with Gasteiger partial charge in [0.25, 0.3) is 5.56 Å². The van der Waals surface area contributed by atoms with Crippen molar-refractivity contribution in [2.24, 2.45) is 0 Å². The molecule has 0 radical (unpaired) electrons. The molecule has 0 unspecified atom stereocenters. The molecule has 0 aliphatic carbocycles. The Hall–Kier alpha value is -3.16. The van der Waals surface area contributed by atoms with Crippen LogP contribution in [-0.4, -0.2) is 21.6 Å². The van der Waals surface area contributed by atoms with Crippen LogP contribution < -0.4 is 16.6 Å². The first-order chi connectivity index (χ1) is 15.5. The van der Waals surface area contributed by atoms with Crippen molar-refractivity contribution in [3.8, 4) is 5.69 Å². The normalized spacial score (nSPS) is 11.1. The monoisotopic (exact) mass is 467 g/mol. The molecule has 0 saturated carbocycles. The van der Waals surface area contributed by atoms with Gasteiger partial charge in [0.2, 0.25) is 5.91 Å². The minimum absolute atomic E-state index is 0.172. The summed E-state index contributed by atoms with van der Waals surface area (Å²) in [5.41, 5.74) is 0.515. The van der Waals surface area contributed by atoms with E-state index in [0.29, 0.717) is 33.9 Å². The molecule has 6 nitrogen and oxygen atoms in total. The maximum atomic E-state index is 13.4. The molecular weight excluding hydrogens is 446 g/mol. The van der Waals surface area contributed by atoms with Crippen LogP contribution in [0.1, 0.15) is 17.4 Å². The van der Waals surface area contributed by atoms with Crippen LogP contribution in [0.2, 0.25) is 5.02 Å². The van der Waals surface area contributed by atoms with E-state index in [4.69, 9.17) is 11.6 Å². The Labute approximate surface area is 193 Å². The minimum atomic E-state index is -0.563. The third-order valence-electron chi connectivity index (χ3n) is 5.16. The highest BCUT2D eigenvalue weighted by molar-refractivity contribution is 7.18. The summed E-state index contributed by atoms with van der Waals surface area (Å²) in [6.45, 7) is 2.27. The minimum Gasteiger partial charge on any atom is -0.354 e. The number of fused-ring (bicyclic) bond motifs is 1. The fraction of sp³-hybridized carbons (Fsp3) is 0.208. The fourth-order valence-electron chi connectivity index (χ4n) is 3.55. The van der Waals surface area contributed by atoms with E-state index >= 15 is 0 Å². The number of halogens is 1. The molecule has 1 amide bonds. The number of aryl methyl sites for hydroxylation is 1. The maximum absolute atomic E-state index is 13.4. The third kappa shape index (κ3) is 4.54. The molecule has 4 aromatic rings. The summed E-state index contributed by atoms with van der Waals surface area (Å²) in [6.07, 6.45) is 1.42. The summed E-state index contributed by atoms with van der Waals surface area (Å²) in [5.74, 6) is -0.285. The van der Waals surface area contributed by atoms with Gasteiger partial charge in [-0.3, -0.25) is 14.2 Å². The standard InChI is InChI=1S/C24H22ClN3O3S/c1-2-19-14-20-22(30)28(18-10-6-9-17(25)13-18)24(31)27(23(20)32-19)15-21(29)26-12-11-16-7-4-3-5-8-16/h3-10,13-14H,2,11-12,15H2,1H3,(H,26,29). The van der Waals surface area contributed by atoms with Crippen LogP contribution in [0, 0.1) is 0 Å². The Balaban J connectivity index is 1.69. The predicted octanol–water partition coefficient (Wildman–Crippen LogP) is 3.79. The molecule has 4 rings (SSSR count). The molecule has 8 heteroatoms. The molecule has 0 spiro atoms. The molecule has 0 bridgehead atoms. The molecule has 0 aliphatic heterocycles. The SMILES string of the molecule is CCc1cc2c(=O)n(-c3cccc(Cl)c3)c(=O)n(CC(=O)NCCc3ccccc3)c2s1. The highest BCUT2D eigenvalue weighted by atomic mass is 35.5. The lowest BCUT2D eigenvalue weighted by Gasteiger charge is -2.12. The van der Waals surface area contributed by atoms with E-state index in [2.05, 4.69) is 5.32 Å². The molecule has 164 valence electrons. The summed E-state index contributed by atoms with van der Waals surface area (Å²) in [5, 5.41) is 3.71. The third-order valence-corrected chi connectivity index (χ3v) is 6.70. The van der Waals surface area contributed by atoms with Crippen molar-refractivity contribution in [2.45, 2.75) is 26.3 Å². The second kappa shape index (κ2) is 9.54. The van der Waals surface area contributed by atoms with Gasteiger partial charge in [-0.2, -0.15) is 0 Å². The predicted molar refractivity (Wildman–Crippen MR) is 129 cm³/mol. The Morgan fingerprint density at radius 2 is 1.84 bits per heavy atom. The first-order valence-corrected chi connectivity index (χ1v) is 11.5. The lowest BCUT2D eigenvalue weighted by atomic mass is 10.1. The summed E-state index contributed by atoms with van der Waals surface area (Å²) >= 11 is 7.46. The Kier molecular flexibility index (Phi) is 6.58. The van der Waals surface area contributed by atoms with E-state index in [0.717, 1.165) is 21.4 Å². The molecule has 32 heavy (non-hydrogen) atoms. The molecular formula is C24H22ClN3O3S. The smallest absolute Gasteiger partial charge is 0.337 e.